The van der Waals surface area contributed by atoms with Crippen molar-refractivity contribution in [3.05, 3.63) is 23.7 Å². The molecule has 0 bridgehead atoms. The van der Waals surface area contributed by atoms with E-state index in [4.69, 9.17) is 9.15 Å². The molecule has 0 saturated carbocycles. The van der Waals surface area contributed by atoms with Crippen molar-refractivity contribution in [1.29, 1.82) is 0 Å². The maximum atomic E-state index is 12.1. The fraction of sp³-hybridized carbons (Fsp3) is 0.706. The molecule has 1 aromatic heterocycles. The van der Waals surface area contributed by atoms with E-state index < -0.39 is 5.60 Å². The lowest BCUT2D eigenvalue weighted by atomic mass is 9.98. The van der Waals surface area contributed by atoms with E-state index >= 15 is 0 Å². The molecule has 0 radical (unpaired) electrons. The maximum absolute atomic E-state index is 12.1. The molecular weight excluding hydrogens is 280 g/mol. The summed E-state index contributed by atoms with van der Waals surface area (Å²) < 4.78 is 10.9. The molecule has 1 aliphatic heterocycles. The first kappa shape index (κ1) is 16.9. The Kier molecular flexibility index (Phi) is 5.51. The summed E-state index contributed by atoms with van der Waals surface area (Å²) in [6.45, 7) is 10.9. The molecule has 1 aromatic rings. The zero-order valence-corrected chi connectivity index (χ0v) is 14.1. The number of rotatable bonds is 4. The Labute approximate surface area is 133 Å². The second-order valence-electron chi connectivity index (χ2n) is 7.09. The lowest BCUT2D eigenvalue weighted by molar-refractivity contribution is 0.0166. The number of ether oxygens (including phenoxy) is 1. The van der Waals surface area contributed by atoms with E-state index in [1.807, 2.05) is 38.7 Å². The quantitative estimate of drug-likeness (QED) is 0.927. The van der Waals surface area contributed by atoms with E-state index in [0.29, 0.717) is 5.92 Å². The molecule has 0 aliphatic carbocycles. The second-order valence-corrected chi connectivity index (χ2v) is 7.09. The average Bonchev–Trinajstić information content (AvgIpc) is 2.83. The fourth-order valence-electron chi connectivity index (χ4n) is 2.70. The van der Waals surface area contributed by atoms with Crippen LogP contribution < -0.4 is 5.32 Å². The molecule has 124 valence electrons. The molecule has 2 heterocycles. The molecule has 1 aliphatic rings. The summed E-state index contributed by atoms with van der Waals surface area (Å²) in [5.41, 5.74) is 0.741. The summed E-state index contributed by atoms with van der Waals surface area (Å²) in [5, 5.41) is 3.43. The summed E-state index contributed by atoms with van der Waals surface area (Å²) in [4.78, 5) is 14.0. The van der Waals surface area contributed by atoms with Crippen molar-refractivity contribution in [1.82, 2.24) is 10.2 Å². The molecule has 5 heteroatoms. The normalized spacial score (nSPS) is 19.3. The number of hydrogen-bond acceptors (Lipinski definition) is 4. The molecule has 1 saturated heterocycles. The number of carbonyl (C=O) groups excluding carboxylic acids is 1. The molecule has 1 N–H and O–H groups in total. The third kappa shape index (κ3) is 5.05. The molecule has 1 fully saturated rings. The predicted molar refractivity (Wildman–Crippen MR) is 85.7 cm³/mol. The van der Waals surface area contributed by atoms with Crippen LogP contribution in [0.2, 0.25) is 0 Å². The molecule has 1 amide bonds. The van der Waals surface area contributed by atoms with Crippen LogP contribution in [0.3, 0.4) is 0 Å². The van der Waals surface area contributed by atoms with Gasteiger partial charge in [-0.1, -0.05) is 0 Å². The summed E-state index contributed by atoms with van der Waals surface area (Å²) in [6, 6.07) is 1.97. The zero-order valence-electron chi connectivity index (χ0n) is 14.1. The Morgan fingerprint density at radius 3 is 2.91 bits per heavy atom. The number of furan rings is 1. The van der Waals surface area contributed by atoms with Crippen molar-refractivity contribution in [3.63, 3.8) is 0 Å². The topological polar surface area (TPSA) is 54.7 Å². The second kappa shape index (κ2) is 7.18. The van der Waals surface area contributed by atoms with Crippen LogP contribution in [0.4, 0.5) is 4.79 Å². The van der Waals surface area contributed by atoms with Gasteiger partial charge in [-0.2, -0.15) is 0 Å². The molecule has 1 atom stereocenters. The van der Waals surface area contributed by atoms with Gasteiger partial charge in [0, 0.05) is 19.6 Å². The van der Waals surface area contributed by atoms with Gasteiger partial charge in [0.25, 0.3) is 0 Å². The number of nitrogens with zero attached hydrogens (tertiary/aromatic N) is 1. The van der Waals surface area contributed by atoms with Crippen molar-refractivity contribution in [2.45, 2.75) is 52.7 Å². The molecule has 0 spiro atoms. The summed E-state index contributed by atoms with van der Waals surface area (Å²) in [5.74, 6) is 1.45. The lowest BCUT2D eigenvalue weighted by Gasteiger charge is -2.34. The van der Waals surface area contributed by atoms with Crippen LogP contribution >= 0.6 is 0 Å². The minimum atomic E-state index is -0.431. The van der Waals surface area contributed by atoms with Crippen molar-refractivity contribution in [3.8, 4) is 0 Å². The average molecular weight is 308 g/mol. The van der Waals surface area contributed by atoms with E-state index in [2.05, 4.69) is 5.32 Å². The van der Waals surface area contributed by atoms with Gasteiger partial charge in [-0.3, -0.25) is 0 Å². The minimum absolute atomic E-state index is 0.195. The highest BCUT2D eigenvalue weighted by atomic mass is 16.6. The van der Waals surface area contributed by atoms with Crippen molar-refractivity contribution < 1.29 is 13.9 Å². The lowest BCUT2D eigenvalue weighted by Crippen LogP contribution is -2.45. The first-order valence-corrected chi connectivity index (χ1v) is 8.07. The first-order valence-electron chi connectivity index (χ1n) is 8.07. The highest BCUT2D eigenvalue weighted by Crippen LogP contribution is 2.19. The Balaban J connectivity index is 1.76. The van der Waals surface area contributed by atoms with Gasteiger partial charge in [0.2, 0.25) is 0 Å². The van der Waals surface area contributed by atoms with Gasteiger partial charge >= 0.3 is 6.09 Å². The SMILES string of the molecule is Cc1ccoc1CNCC1CCCN(C(=O)OC(C)(C)C)C1. The van der Waals surface area contributed by atoms with Gasteiger partial charge in [0.05, 0.1) is 12.8 Å². The summed E-state index contributed by atoms with van der Waals surface area (Å²) in [7, 11) is 0. The molecule has 5 nitrogen and oxygen atoms in total. The van der Waals surface area contributed by atoms with Crippen LogP contribution in [0, 0.1) is 12.8 Å². The standard InChI is InChI=1S/C17H28N2O3/c1-13-7-9-21-15(13)11-18-10-14-6-5-8-19(12-14)16(20)22-17(2,3)4/h7,9,14,18H,5-6,8,10-12H2,1-4H3. The Bertz CT molecular complexity index is 490. The number of piperidine rings is 1. The van der Waals surface area contributed by atoms with Crippen molar-refractivity contribution >= 4 is 6.09 Å². The van der Waals surface area contributed by atoms with Crippen molar-refractivity contribution in [2.24, 2.45) is 5.92 Å². The summed E-state index contributed by atoms with van der Waals surface area (Å²) >= 11 is 0. The molecule has 22 heavy (non-hydrogen) atoms. The third-order valence-electron chi connectivity index (χ3n) is 3.86. The van der Waals surface area contributed by atoms with E-state index in [0.717, 1.165) is 44.8 Å². The molecular formula is C17H28N2O3. The monoisotopic (exact) mass is 308 g/mol. The van der Waals surface area contributed by atoms with E-state index in [9.17, 15) is 4.79 Å². The van der Waals surface area contributed by atoms with Crippen LogP contribution in [0.5, 0.6) is 0 Å². The van der Waals surface area contributed by atoms with E-state index in [1.165, 1.54) is 5.56 Å². The van der Waals surface area contributed by atoms with Crippen LogP contribution in [-0.2, 0) is 11.3 Å². The van der Waals surface area contributed by atoms with Crippen molar-refractivity contribution in [2.75, 3.05) is 19.6 Å². The summed E-state index contributed by atoms with van der Waals surface area (Å²) in [6.07, 6.45) is 3.70. The number of likely N-dealkylation sites (tertiary alicyclic amines) is 1. The van der Waals surface area contributed by atoms with Gasteiger partial charge in [0.15, 0.2) is 0 Å². The van der Waals surface area contributed by atoms with Crippen LogP contribution in [0.1, 0.15) is 44.9 Å². The first-order chi connectivity index (χ1) is 10.3. The van der Waals surface area contributed by atoms with Gasteiger partial charge in [-0.05, 0) is 58.1 Å². The van der Waals surface area contributed by atoms with Crippen LogP contribution in [0.15, 0.2) is 16.7 Å². The molecule has 1 unspecified atom stereocenters. The van der Waals surface area contributed by atoms with Gasteiger partial charge < -0.3 is 19.4 Å². The third-order valence-corrected chi connectivity index (χ3v) is 3.86. The van der Waals surface area contributed by atoms with Crippen LogP contribution in [0.25, 0.3) is 0 Å². The van der Waals surface area contributed by atoms with E-state index in [1.54, 1.807) is 6.26 Å². The molecule has 2 rings (SSSR count). The number of nitrogens with one attached hydrogen (secondary N) is 1. The highest BCUT2D eigenvalue weighted by Gasteiger charge is 2.27. The van der Waals surface area contributed by atoms with Crippen LogP contribution in [-0.4, -0.2) is 36.2 Å². The minimum Gasteiger partial charge on any atom is -0.468 e. The Morgan fingerprint density at radius 2 is 2.27 bits per heavy atom. The smallest absolute Gasteiger partial charge is 0.410 e. The van der Waals surface area contributed by atoms with Gasteiger partial charge in [-0.25, -0.2) is 4.79 Å². The highest BCUT2D eigenvalue weighted by molar-refractivity contribution is 5.68. The Morgan fingerprint density at radius 1 is 1.50 bits per heavy atom. The predicted octanol–water partition coefficient (Wildman–Crippen LogP) is 3.32. The fourth-order valence-corrected chi connectivity index (χ4v) is 2.70. The zero-order chi connectivity index (χ0) is 16.2. The number of aryl methyl sites for hydroxylation is 1. The number of hydrogen-bond donors (Lipinski definition) is 1. The maximum Gasteiger partial charge on any atom is 0.410 e. The van der Waals surface area contributed by atoms with Gasteiger partial charge in [0.1, 0.15) is 11.4 Å². The number of amides is 1. The number of carbonyl (C=O) groups is 1. The molecule has 0 aromatic carbocycles. The van der Waals surface area contributed by atoms with Gasteiger partial charge in [-0.15, -0.1) is 0 Å². The Hall–Kier alpha value is -1.49. The largest absolute Gasteiger partial charge is 0.468 e. The van der Waals surface area contributed by atoms with E-state index in [-0.39, 0.29) is 6.09 Å².